The zero-order valence-corrected chi connectivity index (χ0v) is 13.7. The molecule has 1 atom stereocenters. The first-order valence-corrected chi connectivity index (χ1v) is 8.91. The van der Waals surface area contributed by atoms with Crippen molar-refractivity contribution in [2.45, 2.75) is 17.4 Å². The molecule has 0 aliphatic heterocycles. The quantitative estimate of drug-likeness (QED) is 0.531. The van der Waals surface area contributed by atoms with Gasteiger partial charge in [0, 0.05) is 6.54 Å². The molecule has 10 heteroatoms. The molecule has 0 aliphatic rings. The number of nitrogens with one attached hydrogen (secondary N) is 1. The maximum atomic E-state index is 11.5. The van der Waals surface area contributed by atoms with E-state index < -0.39 is 31.1 Å². The second kappa shape index (κ2) is 6.24. The summed E-state index contributed by atoms with van der Waals surface area (Å²) in [6.07, 6.45) is 0. The molecule has 4 N–H and O–H groups in total. The van der Waals surface area contributed by atoms with Crippen LogP contribution in [0.4, 0.5) is 11.4 Å². The van der Waals surface area contributed by atoms with Crippen LogP contribution in [0.1, 0.15) is 12.5 Å². The van der Waals surface area contributed by atoms with Gasteiger partial charge in [-0.3, -0.25) is 10.1 Å². The molecular weight excluding hydrogens is 342 g/mol. The third-order valence-electron chi connectivity index (χ3n) is 3.25. The second-order valence-corrected chi connectivity index (χ2v) is 7.40. The van der Waals surface area contributed by atoms with Gasteiger partial charge in [0.1, 0.15) is 11.3 Å². The highest BCUT2D eigenvalue weighted by atomic mass is 32.2. The summed E-state index contributed by atoms with van der Waals surface area (Å²) in [6, 6.07) is 5.50. The van der Waals surface area contributed by atoms with Crippen molar-refractivity contribution < 1.29 is 18.4 Å². The van der Waals surface area contributed by atoms with Crippen LogP contribution in [0.2, 0.25) is 0 Å². The molecule has 1 unspecified atom stereocenters. The van der Waals surface area contributed by atoms with Crippen LogP contribution in [0.5, 0.6) is 0 Å². The van der Waals surface area contributed by atoms with E-state index in [1.807, 2.05) is 0 Å². The van der Waals surface area contributed by atoms with Crippen LogP contribution in [-0.2, 0) is 15.6 Å². The number of nitrogens with two attached hydrogens (primary N) is 1. The molecule has 2 rings (SSSR count). The number of hydrogen-bond donors (Lipinski definition) is 3. The molecule has 23 heavy (non-hydrogen) atoms. The number of benzene rings is 1. The number of nitrogens with zero attached hydrogens (tertiary/aromatic N) is 1. The molecule has 0 fully saturated rings. The molecule has 2 aromatic rings. The Hall–Kier alpha value is -2.01. The Bertz CT molecular complexity index is 816. The van der Waals surface area contributed by atoms with Gasteiger partial charge < -0.3 is 10.4 Å². The largest absolute Gasteiger partial charge is 0.384 e. The summed E-state index contributed by atoms with van der Waals surface area (Å²) >= 11 is 1.41. The van der Waals surface area contributed by atoms with Crippen LogP contribution >= 0.6 is 11.3 Å². The third-order valence-corrected chi connectivity index (χ3v) is 4.88. The number of hydrogen-bond acceptors (Lipinski definition) is 7. The van der Waals surface area contributed by atoms with Crippen LogP contribution in [0.3, 0.4) is 0 Å². The lowest BCUT2D eigenvalue weighted by Gasteiger charge is -2.23. The molecule has 0 saturated carbocycles. The van der Waals surface area contributed by atoms with Crippen LogP contribution in [-0.4, -0.2) is 25.0 Å². The number of thiophene rings is 1. The van der Waals surface area contributed by atoms with Gasteiger partial charge in [-0.05, 0) is 41.4 Å². The molecule has 8 nitrogen and oxygen atoms in total. The van der Waals surface area contributed by atoms with Gasteiger partial charge in [0.25, 0.3) is 0 Å². The Morgan fingerprint density at radius 1 is 1.43 bits per heavy atom. The van der Waals surface area contributed by atoms with Crippen molar-refractivity contribution in [2.75, 3.05) is 11.9 Å². The van der Waals surface area contributed by atoms with Gasteiger partial charge >= 0.3 is 5.69 Å². The van der Waals surface area contributed by atoms with Crippen molar-refractivity contribution in [1.29, 1.82) is 0 Å². The minimum Gasteiger partial charge on any atom is -0.384 e. The molecule has 1 heterocycles. The molecule has 124 valence electrons. The first kappa shape index (κ1) is 17.3. The van der Waals surface area contributed by atoms with E-state index in [2.05, 4.69) is 5.32 Å². The summed E-state index contributed by atoms with van der Waals surface area (Å²) in [5, 5.41) is 33.0. The highest BCUT2D eigenvalue weighted by Crippen LogP contribution is 2.32. The van der Waals surface area contributed by atoms with Crippen LogP contribution in [0, 0.1) is 10.1 Å². The van der Waals surface area contributed by atoms with Gasteiger partial charge in [0.2, 0.25) is 10.0 Å². The predicted octanol–water partition coefficient (Wildman–Crippen LogP) is 1.62. The normalized spacial score (nSPS) is 14.2. The predicted molar refractivity (Wildman–Crippen MR) is 86.8 cm³/mol. The lowest BCUT2D eigenvalue weighted by molar-refractivity contribution is -0.386. The summed E-state index contributed by atoms with van der Waals surface area (Å²) in [6.45, 7) is 1.51. The molecule has 1 aromatic carbocycles. The summed E-state index contributed by atoms with van der Waals surface area (Å²) in [5.74, 6) is 0. The minimum atomic E-state index is -4.24. The average Bonchev–Trinajstić information content (AvgIpc) is 2.98. The Labute approximate surface area is 136 Å². The highest BCUT2D eigenvalue weighted by molar-refractivity contribution is 7.89. The number of para-hydroxylation sites is 1. The van der Waals surface area contributed by atoms with Crippen molar-refractivity contribution in [1.82, 2.24) is 0 Å². The fourth-order valence-corrected chi connectivity index (χ4v) is 3.53. The van der Waals surface area contributed by atoms with Crippen LogP contribution in [0.15, 0.2) is 39.9 Å². The SMILES string of the molecule is CC(O)(CNc1cccc(S(N)(=O)=O)c1[N+](=O)[O-])c1ccsc1. The average molecular weight is 357 g/mol. The molecular formula is C13H15N3O5S2. The molecule has 0 aliphatic carbocycles. The number of aliphatic hydroxyl groups is 1. The Morgan fingerprint density at radius 2 is 2.13 bits per heavy atom. The first-order chi connectivity index (χ1) is 10.6. The van der Waals surface area contributed by atoms with Crippen molar-refractivity contribution in [3.05, 3.63) is 50.7 Å². The Kier molecular flexibility index (Phi) is 4.71. The number of anilines is 1. The molecule has 1 aromatic heterocycles. The van der Waals surface area contributed by atoms with Gasteiger partial charge in [0.05, 0.1) is 4.92 Å². The summed E-state index contributed by atoms with van der Waals surface area (Å²) < 4.78 is 23.0. The van der Waals surface area contributed by atoms with Crippen molar-refractivity contribution >= 4 is 32.7 Å². The Morgan fingerprint density at radius 3 is 2.65 bits per heavy atom. The van der Waals surface area contributed by atoms with Crippen molar-refractivity contribution in [3.8, 4) is 0 Å². The molecule has 0 radical (unpaired) electrons. The van der Waals surface area contributed by atoms with E-state index in [4.69, 9.17) is 5.14 Å². The number of primary sulfonamides is 1. The molecule has 0 spiro atoms. The van der Waals surface area contributed by atoms with E-state index in [0.29, 0.717) is 5.56 Å². The van der Waals surface area contributed by atoms with E-state index >= 15 is 0 Å². The Balaban J connectivity index is 2.36. The van der Waals surface area contributed by atoms with Crippen molar-refractivity contribution in [3.63, 3.8) is 0 Å². The molecule has 0 amide bonds. The zero-order valence-electron chi connectivity index (χ0n) is 12.1. The smallest absolute Gasteiger partial charge is 0.312 e. The molecule has 0 bridgehead atoms. The lowest BCUT2D eigenvalue weighted by atomic mass is 9.99. The standard InChI is InChI=1S/C13H15N3O5S2/c1-13(17,9-5-6-22-7-9)8-15-10-3-2-4-11(23(14,20)21)12(10)16(18)19/h2-7,15,17H,8H2,1H3,(H2,14,20,21). The van der Waals surface area contributed by atoms with Gasteiger partial charge in [-0.1, -0.05) is 6.07 Å². The highest BCUT2D eigenvalue weighted by Gasteiger charge is 2.29. The van der Waals surface area contributed by atoms with E-state index in [1.165, 1.54) is 23.5 Å². The maximum absolute atomic E-state index is 11.5. The van der Waals surface area contributed by atoms with E-state index in [1.54, 1.807) is 23.8 Å². The van der Waals surface area contributed by atoms with Gasteiger partial charge in [0.15, 0.2) is 4.90 Å². The van der Waals surface area contributed by atoms with Gasteiger partial charge in [-0.25, -0.2) is 13.6 Å². The summed E-state index contributed by atoms with van der Waals surface area (Å²) in [4.78, 5) is 9.83. The monoisotopic (exact) mass is 357 g/mol. The van der Waals surface area contributed by atoms with Crippen molar-refractivity contribution in [2.24, 2.45) is 5.14 Å². The number of nitro groups is 1. The first-order valence-electron chi connectivity index (χ1n) is 6.42. The number of rotatable bonds is 6. The van der Waals surface area contributed by atoms with Gasteiger partial charge in [-0.15, -0.1) is 0 Å². The number of sulfonamides is 1. The van der Waals surface area contributed by atoms with Gasteiger partial charge in [-0.2, -0.15) is 11.3 Å². The van der Waals surface area contributed by atoms with Crippen LogP contribution < -0.4 is 10.5 Å². The number of nitro benzene ring substituents is 1. The van der Waals surface area contributed by atoms with E-state index in [0.717, 1.165) is 6.07 Å². The zero-order chi connectivity index (χ0) is 17.3. The third kappa shape index (κ3) is 3.85. The fourth-order valence-electron chi connectivity index (χ4n) is 2.02. The molecule has 0 saturated heterocycles. The van der Waals surface area contributed by atoms with E-state index in [9.17, 15) is 23.6 Å². The summed E-state index contributed by atoms with van der Waals surface area (Å²) in [7, 11) is -4.24. The second-order valence-electron chi connectivity index (χ2n) is 5.09. The van der Waals surface area contributed by atoms with E-state index in [-0.39, 0.29) is 12.2 Å². The van der Waals surface area contributed by atoms with Crippen LogP contribution in [0.25, 0.3) is 0 Å². The minimum absolute atomic E-state index is 0.0305. The fraction of sp³-hybridized carbons (Fsp3) is 0.231. The summed E-state index contributed by atoms with van der Waals surface area (Å²) in [5.41, 5.74) is -1.29. The topological polar surface area (TPSA) is 136 Å². The lowest BCUT2D eigenvalue weighted by Crippen LogP contribution is -2.30. The maximum Gasteiger partial charge on any atom is 0.312 e.